The number of hydrogen-bond donors (Lipinski definition) is 2. The van der Waals surface area contributed by atoms with Crippen molar-refractivity contribution in [1.29, 1.82) is 0 Å². The molecule has 0 spiro atoms. The summed E-state index contributed by atoms with van der Waals surface area (Å²) in [5.41, 5.74) is 0.467. The van der Waals surface area contributed by atoms with E-state index in [2.05, 4.69) is 10.6 Å². The third-order valence-corrected chi connectivity index (χ3v) is 2.96. The normalized spacial score (nSPS) is 10.3. The molecule has 0 aliphatic heterocycles. The smallest absolute Gasteiger partial charge is 0.243 e. The van der Waals surface area contributed by atoms with Gasteiger partial charge in [-0.05, 0) is 30.3 Å². The number of rotatable bonds is 4. The van der Waals surface area contributed by atoms with E-state index < -0.39 is 17.5 Å². The van der Waals surface area contributed by atoms with Gasteiger partial charge >= 0.3 is 0 Å². The van der Waals surface area contributed by atoms with Crippen molar-refractivity contribution in [2.24, 2.45) is 0 Å². The molecule has 0 bridgehead atoms. The third kappa shape index (κ3) is 4.58. The van der Waals surface area contributed by atoms with E-state index >= 15 is 0 Å². The zero-order chi connectivity index (χ0) is 15.4. The van der Waals surface area contributed by atoms with Crippen LogP contribution in [0.15, 0.2) is 36.4 Å². The number of anilines is 2. The van der Waals surface area contributed by atoms with Gasteiger partial charge in [-0.25, -0.2) is 8.78 Å². The highest BCUT2D eigenvalue weighted by molar-refractivity contribution is 6.35. The molecular formula is C14H10Cl2F2N2O. The van der Waals surface area contributed by atoms with E-state index in [1.807, 2.05) is 0 Å². The van der Waals surface area contributed by atoms with Crippen molar-refractivity contribution in [3.63, 3.8) is 0 Å². The van der Waals surface area contributed by atoms with Gasteiger partial charge in [-0.2, -0.15) is 0 Å². The number of carbonyl (C=O) groups is 1. The molecule has 0 aromatic heterocycles. The molecule has 7 heteroatoms. The second kappa shape index (κ2) is 6.74. The lowest BCUT2D eigenvalue weighted by Crippen LogP contribution is -2.22. The highest BCUT2D eigenvalue weighted by Gasteiger charge is 2.08. The fourth-order valence-corrected chi connectivity index (χ4v) is 2.15. The molecule has 0 radical (unpaired) electrons. The van der Waals surface area contributed by atoms with E-state index in [1.54, 1.807) is 18.2 Å². The first-order valence-electron chi connectivity index (χ1n) is 5.89. The molecule has 0 aliphatic rings. The van der Waals surface area contributed by atoms with Crippen molar-refractivity contribution in [2.45, 2.75) is 0 Å². The molecule has 0 fully saturated rings. The van der Waals surface area contributed by atoms with Crippen LogP contribution in [0.4, 0.5) is 20.2 Å². The molecule has 2 rings (SSSR count). The highest BCUT2D eigenvalue weighted by Crippen LogP contribution is 2.22. The first kappa shape index (κ1) is 15.5. The summed E-state index contributed by atoms with van der Waals surface area (Å²) in [5.74, 6) is -2.04. The van der Waals surface area contributed by atoms with Gasteiger partial charge in [-0.1, -0.05) is 23.2 Å². The van der Waals surface area contributed by atoms with Crippen LogP contribution in [0, 0.1) is 11.6 Å². The molecule has 21 heavy (non-hydrogen) atoms. The van der Waals surface area contributed by atoms with Gasteiger partial charge in [0, 0.05) is 21.8 Å². The lowest BCUT2D eigenvalue weighted by molar-refractivity contribution is -0.114. The predicted molar refractivity (Wildman–Crippen MR) is 79.9 cm³/mol. The summed E-state index contributed by atoms with van der Waals surface area (Å²) in [6.45, 7) is -0.118. The molecule has 0 saturated heterocycles. The van der Waals surface area contributed by atoms with Gasteiger partial charge < -0.3 is 10.6 Å². The van der Waals surface area contributed by atoms with E-state index in [-0.39, 0.29) is 12.2 Å². The maximum absolute atomic E-state index is 13.4. The Morgan fingerprint density at radius 3 is 2.33 bits per heavy atom. The zero-order valence-electron chi connectivity index (χ0n) is 10.6. The second-order valence-electron chi connectivity index (χ2n) is 4.18. The standard InChI is InChI=1S/C14H10Cl2F2N2O/c15-8-3-9(16)5-11(4-8)19-7-14(21)20-13-2-1-10(17)6-12(13)18/h1-6,19H,7H2,(H,20,21). The van der Waals surface area contributed by atoms with Gasteiger partial charge in [0.15, 0.2) is 0 Å². The lowest BCUT2D eigenvalue weighted by atomic mass is 10.3. The predicted octanol–water partition coefficient (Wildman–Crippen LogP) is 4.32. The Bertz CT molecular complexity index is 660. The number of hydrogen-bond acceptors (Lipinski definition) is 2. The molecule has 2 aromatic carbocycles. The minimum Gasteiger partial charge on any atom is -0.376 e. The van der Waals surface area contributed by atoms with Crippen molar-refractivity contribution < 1.29 is 13.6 Å². The number of nitrogens with one attached hydrogen (secondary N) is 2. The van der Waals surface area contributed by atoms with Crippen molar-refractivity contribution in [2.75, 3.05) is 17.2 Å². The Hall–Kier alpha value is -1.85. The summed E-state index contributed by atoms with van der Waals surface area (Å²) >= 11 is 11.6. The van der Waals surface area contributed by atoms with Gasteiger partial charge in [0.05, 0.1) is 12.2 Å². The summed E-state index contributed by atoms with van der Waals surface area (Å²) in [6, 6.07) is 7.65. The average molecular weight is 331 g/mol. The molecule has 110 valence electrons. The van der Waals surface area contributed by atoms with Crippen molar-refractivity contribution in [3.05, 3.63) is 58.1 Å². The maximum Gasteiger partial charge on any atom is 0.243 e. The fourth-order valence-electron chi connectivity index (χ4n) is 1.62. The highest BCUT2D eigenvalue weighted by atomic mass is 35.5. The van der Waals surface area contributed by atoms with Crippen LogP contribution >= 0.6 is 23.2 Å². The summed E-state index contributed by atoms with van der Waals surface area (Å²) in [5, 5.41) is 5.98. The van der Waals surface area contributed by atoms with Crippen LogP contribution in [0.2, 0.25) is 10.0 Å². The second-order valence-corrected chi connectivity index (χ2v) is 5.06. The van der Waals surface area contributed by atoms with E-state index in [0.29, 0.717) is 21.8 Å². The summed E-state index contributed by atoms with van der Waals surface area (Å²) in [6.07, 6.45) is 0. The minimum absolute atomic E-state index is 0.0904. The Balaban J connectivity index is 1.95. The van der Waals surface area contributed by atoms with E-state index in [4.69, 9.17) is 23.2 Å². The molecule has 0 saturated carbocycles. The molecular weight excluding hydrogens is 321 g/mol. The zero-order valence-corrected chi connectivity index (χ0v) is 12.1. The Morgan fingerprint density at radius 1 is 1.05 bits per heavy atom. The van der Waals surface area contributed by atoms with Gasteiger partial charge in [-0.15, -0.1) is 0 Å². The number of amides is 1. The SMILES string of the molecule is O=C(CNc1cc(Cl)cc(Cl)c1)Nc1ccc(F)cc1F. The number of benzene rings is 2. The van der Waals surface area contributed by atoms with E-state index in [9.17, 15) is 13.6 Å². The first-order chi connectivity index (χ1) is 9.94. The molecule has 2 N–H and O–H groups in total. The topological polar surface area (TPSA) is 41.1 Å². The van der Waals surface area contributed by atoms with E-state index in [1.165, 1.54) is 0 Å². The monoisotopic (exact) mass is 330 g/mol. The molecule has 0 atom stereocenters. The Morgan fingerprint density at radius 2 is 1.71 bits per heavy atom. The minimum atomic E-state index is -0.839. The number of halogens is 4. The maximum atomic E-state index is 13.4. The van der Waals surface area contributed by atoms with Gasteiger partial charge in [-0.3, -0.25) is 4.79 Å². The molecule has 1 amide bonds. The molecule has 0 unspecified atom stereocenters. The summed E-state index contributed by atoms with van der Waals surface area (Å²) < 4.78 is 26.1. The van der Waals surface area contributed by atoms with Crippen LogP contribution < -0.4 is 10.6 Å². The molecule has 2 aromatic rings. The quantitative estimate of drug-likeness (QED) is 0.876. The lowest BCUT2D eigenvalue weighted by Gasteiger charge is -2.09. The van der Waals surface area contributed by atoms with Gasteiger partial charge in [0.25, 0.3) is 0 Å². The van der Waals surface area contributed by atoms with Crippen molar-refractivity contribution >= 4 is 40.5 Å². The third-order valence-electron chi connectivity index (χ3n) is 2.52. The Kier molecular flexibility index (Phi) is 4.98. The van der Waals surface area contributed by atoms with Gasteiger partial charge in [0.1, 0.15) is 11.6 Å². The van der Waals surface area contributed by atoms with Crippen LogP contribution in [0.5, 0.6) is 0 Å². The molecule has 0 heterocycles. The first-order valence-corrected chi connectivity index (χ1v) is 6.64. The fraction of sp³-hybridized carbons (Fsp3) is 0.0714. The van der Waals surface area contributed by atoms with Crippen LogP contribution in [0.25, 0.3) is 0 Å². The average Bonchev–Trinajstić information content (AvgIpc) is 2.39. The van der Waals surface area contributed by atoms with Crippen LogP contribution in [-0.4, -0.2) is 12.5 Å². The van der Waals surface area contributed by atoms with E-state index in [0.717, 1.165) is 12.1 Å². The Labute approximate surface area is 129 Å². The summed E-state index contributed by atoms with van der Waals surface area (Å²) in [4.78, 5) is 11.7. The molecule has 0 aliphatic carbocycles. The van der Waals surface area contributed by atoms with Crippen LogP contribution in [0.3, 0.4) is 0 Å². The molecule has 3 nitrogen and oxygen atoms in total. The van der Waals surface area contributed by atoms with Crippen LogP contribution in [-0.2, 0) is 4.79 Å². The summed E-state index contributed by atoms with van der Waals surface area (Å²) in [7, 11) is 0. The van der Waals surface area contributed by atoms with Crippen molar-refractivity contribution in [3.8, 4) is 0 Å². The van der Waals surface area contributed by atoms with Crippen LogP contribution in [0.1, 0.15) is 0 Å². The number of carbonyl (C=O) groups excluding carboxylic acids is 1. The largest absolute Gasteiger partial charge is 0.376 e. The van der Waals surface area contributed by atoms with Crippen molar-refractivity contribution in [1.82, 2.24) is 0 Å². The van der Waals surface area contributed by atoms with Gasteiger partial charge in [0.2, 0.25) is 5.91 Å².